The summed E-state index contributed by atoms with van der Waals surface area (Å²) in [6, 6.07) is 0.554. The third kappa shape index (κ3) is 2.41. The lowest BCUT2D eigenvalue weighted by Gasteiger charge is -2.29. The van der Waals surface area contributed by atoms with Crippen LogP contribution in [0.1, 0.15) is 48.9 Å². The van der Waals surface area contributed by atoms with Gasteiger partial charge < -0.3 is 10.0 Å². The predicted octanol–water partition coefficient (Wildman–Crippen LogP) is 2.33. The summed E-state index contributed by atoms with van der Waals surface area (Å²) in [5, 5.41) is 8.87. The average Bonchev–Trinajstić information content (AvgIpc) is 3.09. The molecule has 1 unspecified atom stereocenters. The number of rotatable bonds is 3. The normalized spacial score (nSPS) is 24.0. The molecule has 2 fully saturated rings. The van der Waals surface area contributed by atoms with Gasteiger partial charge in [-0.1, -0.05) is 12.8 Å². The van der Waals surface area contributed by atoms with E-state index in [1.54, 1.807) is 0 Å². The quantitative estimate of drug-likeness (QED) is 0.904. The van der Waals surface area contributed by atoms with E-state index in [4.69, 9.17) is 5.11 Å². The van der Waals surface area contributed by atoms with Crippen LogP contribution in [0.4, 0.5) is 5.95 Å². The largest absolute Gasteiger partial charge is 0.478 e. The highest BCUT2D eigenvalue weighted by atomic mass is 16.4. The van der Waals surface area contributed by atoms with E-state index < -0.39 is 5.97 Å². The minimum Gasteiger partial charge on any atom is -0.478 e. The van der Waals surface area contributed by atoms with Crippen LogP contribution >= 0.6 is 0 Å². The lowest BCUT2D eigenvalue weighted by atomic mass is 9.96. The molecule has 0 bridgehead atoms. The zero-order valence-electron chi connectivity index (χ0n) is 11.0. The average molecular weight is 261 g/mol. The molecule has 1 N–H and O–H groups in total. The van der Waals surface area contributed by atoms with Gasteiger partial charge in [0.25, 0.3) is 0 Å². The van der Waals surface area contributed by atoms with Crippen LogP contribution in [0, 0.1) is 5.92 Å². The van der Waals surface area contributed by atoms with E-state index in [-0.39, 0.29) is 5.56 Å². The second-order valence-electron chi connectivity index (χ2n) is 5.52. The number of aromatic nitrogens is 2. The first-order valence-electron chi connectivity index (χ1n) is 7.07. The minimum atomic E-state index is -0.972. The summed E-state index contributed by atoms with van der Waals surface area (Å²) in [6.45, 7) is 0.994. The van der Waals surface area contributed by atoms with Gasteiger partial charge in [0.15, 0.2) is 0 Å². The molecule has 5 heteroatoms. The van der Waals surface area contributed by atoms with Gasteiger partial charge in [-0.15, -0.1) is 0 Å². The molecule has 2 heterocycles. The monoisotopic (exact) mass is 261 g/mol. The standard InChI is InChI=1S/C14H19N3O2/c18-13(19)11-8-15-14(16-9-11)17-7-3-6-12(17)10-4-1-2-5-10/h8-10,12H,1-7H2,(H,18,19). The molecular formula is C14H19N3O2. The third-order valence-corrected chi connectivity index (χ3v) is 4.39. The zero-order valence-corrected chi connectivity index (χ0v) is 11.0. The molecule has 1 aromatic heterocycles. The minimum absolute atomic E-state index is 0.153. The fourth-order valence-electron chi connectivity index (χ4n) is 3.45. The number of aromatic carboxylic acids is 1. The van der Waals surface area contributed by atoms with E-state index >= 15 is 0 Å². The van der Waals surface area contributed by atoms with Gasteiger partial charge in [0.1, 0.15) is 0 Å². The Balaban J connectivity index is 1.78. The third-order valence-electron chi connectivity index (χ3n) is 4.39. The lowest BCUT2D eigenvalue weighted by Crippen LogP contribution is -2.35. The number of nitrogens with zero attached hydrogens (tertiary/aromatic N) is 3. The first-order chi connectivity index (χ1) is 9.25. The van der Waals surface area contributed by atoms with Crippen molar-refractivity contribution in [2.24, 2.45) is 5.92 Å². The van der Waals surface area contributed by atoms with Gasteiger partial charge in [0.2, 0.25) is 5.95 Å². The van der Waals surface area contributed by atoms with Gasteiger partial charge in [-0.25, -0.2) is 14.8 Å². The summed E-state index contributed by atoms with van der Waals surface area (Å²) >= 11 is 0. The van der Waals surface area contributed by atoms with E-state index in [1.807, 2.05) is 0 Å². The smallest absolute Gasteiger partial charge is 0.338 e. The number of carboxylic acid groups (broad SMARTS) is 1. The lowest BCUT2D eigenvalue weighted by molar-refractivity contribution is 0.0696. The van der Waals surface area contributed by atoms with Gasteiger partial charge >= 0.3 is 5.97 Å². The fraction of sp³-hybridized carbons (Fsp3) is 0.643. The second kappa shape index (κ2) is 5.15. The number of anilines is 1. The van der Waals surface area contributed by atoms with Crippen LogP contribution in [0.25, 0.3) is 0 Å². The van der Waals surface area contributed by atoms with Crippen LogP contribution in [0.15, 0.2) is 12.4 Å². The van der Waals surface area contributed by atoms with Crippen LogP contribution in [-0.4, -0.2) is 33.6 Å². The Kier molecular flexibility index (Phi) is 3.36. The van der Waals surface area contributed by atoms with Gasteiger partial charge in [0.05, 0.1) is 5.56 Å². The Morgan fingerprint density at radius 3 is 2.47 bits per heavy atom. The molecule has 1 atom stereocenters. The van der Waals surface area contributed by atoms with Gasteiger partial charge in [-0.2, -0.15) is 0 Å². The predicted molar refractivity (Wildman–Crippen MR) is 71.3 cm³/mol. The molecule has 0 spiro atoms. The molecule has 1 aliphatic carbocycles. The van der Waals surface area contributed by atoms with E-state index in [0.717, 1.165) is 12.5 Å². The van der Waals surface area contributed by atoms with Crippen LogP contribution in [0.2, 0.25) is 0 Å². The van der Waals surface area contributed by atoms with Crippen molar-refractivity contribution in [1.82, 2.24) is 9.97 Å². The molecule has 1 saturated carbocycles. The summed E-state index contributed by atoms with van der Waals surface area (Å²) in [4.78, 5) is 21.6. The van der Waals surface area contributed by atoms with Crippen molar-refractivity contribution >= 4 is 11.9 Å². The Morgan fingerprint density at radius 2 is 1.84 bits per heavy atom. The van der Waals surface area contributed by atoms with Crippen molar-refractivity contribution < 1.29 is 9.90 Å². The van der Waals surface area contributed by atoms with Crippen molar-refractivity contribution in [2.75, 3.05) is 11.4 Å². The molecule has 0 aromatic carbocycles. The number of carbonyl (C=O) groups is 1. The maximum Gasteiger partial charge on any atom is 0.338 e. The molecule has 1 aliphatic heterocycles. The summed E-state index contributed by atoms with van der Waals surface area (Å²) in [7, 11) is 0. The van der Waals surface area contributed by atoms with E-state index in [9.17, 15) is 4.79 Å². The van der Waals surface area contributed by atoms with Crippen LogP contribution in [0.3, 0.4) is 0 Å². The summed E-state index contributed by atoms with van der Waals surface area (Å²) in [5.41, 5.74) is 0.153. The van der Waals surface area contributed by atoms with Crippen molar-refractivity contribution in [1.29, 1.82) is 0 Å². The van der Waals surface area contributed by atoms with Crippen LogP contribution in [-0.2, 0) is 0 Å². The first kappa shape index (κ1) is 12.4. The van der Waals surface area contributed by atoms with Crippen molar-refractivity contribution in [3.8, 4) is 0 Å². The SMILES string of the molecule is O=C(O)c1cnc(N2CCCC2C2CCCC2)nc1. The van der Waals surface area contributed by atoms with Crippen molar-refractivity contribution in [3.05, 3.63) is 18.0 Å². The molecule has 1 aromatic rings. The molecule has 102 valence electrons. The van der Waals surface area contributed by atoms with E-state index in [2.05, 4.69) is 14.9 Å². The Bertz CT molecular complexity index is 454. The summed E-state index contributed by atoms with van der Waals surface area (Å²) < 4.78 is 0. The Morgan fingerprint density at radius 1 is 1.16 bits per heavy atom. The van der Waals surface area contributed by atoms with Gasteiger partial charge in [-0.05, 0) is 31.6 Å². The molecule has 0 amide bonds. The maximum atomic E-state index is 10.8. The van der Waals surface area contributed by atoms with Crippen molar-refractivity contribution in [2.45, 2.75) is 44.6 Å². The van der Waals surface area contributed by atoms with Gasteiger partial charge in [0, 0.05) is 25.0 Å². The maximum absolute atomic E-state index is 10.8. The van der Waals surface area contributed by atoms with Crippen molar-refractivity contribution in [3.63, 3.8) is 0 Å². The summed E-state index contributed by atoms with van der Waals surface area (Å²) in [5.74, 6) is 0.491. The highest BCUT2D eigenvalue weighted by molar-refractivity contribution is 5.86. The number of hydrogen-bond acceptors (Lipinski definition) is 4. The van der Waals surface area contributed by atoms with Crippen LogP contribution in [0.5, 0.6) is 0 Å². The topological polar surface area (TPSA) is 66.3 Å². The Labute approximate surface area is 112 Å². The molecule has 1 saturated heterocycles. The molecule has 0 radical (unpaired) electrons. The first-order valence-corrected chi connectivity index (χ1v) is 7.07. The molecule has 3 rings (SSSR count). The van der Waals surface area contributed by atoms with Crippen LogP contribution < -0.4 is 4.90 Å². The van der Waals surface area contributed by atoms with Gasteiger partial charge in [-0.3, -0.25) is 0 Å². The van der Waals surface area contributed by atoms with E-state index in [1.165, 1.54) is 50.9 Å². The molecule has 19 heavy (non-hydrogen) atoms. The molecule has 5 nitrogen and oxygen atoms in total. The highest BCUT2D eigenvalue weighted by Crippen LogP contribution is 2.36. The number of carboxylic acids is 1. The summed E-state index contributed by atoms with van der Waals surface area (Å²) in [6.07, 6.45) is 10.5. The second-order valence-corrected chi connectivity index (χ2v) is 5.52. The Hall–Kier alpha value is -1.65. The fourth-order valence-corrected chi connectivity index (χ4v) is 3.45. The number of hydrogen-bond donors (Lipinski definition) is 1. The zero-order chi connectivity index (χ0) is 13.2. The van der Waals surface area contributed by atoms with E-state index in [0.29, 0.717) is 12.0 Å². The molecular weight excluding hydrogens is 242 g/mol. The highest BCUT2D eigenvalue weighted by Gasteiger charge is 2.34. The molecule has 2 aliphatic rings.